The van der Waals surface area contributed by atoms with Crippen molar-refractivity contribution in [1.82, 2.24) is 5.32 Å². The van der Waals surface area contributed by atoms with Crippen LogP contribution in [0.1, 0.15) is 222 Å². The first kappa shape index (κ1) is 57.0. The normalized spacial score (nSPS) is 16.3. The molecule has 6 aromatic heterocycles. The fourth-order valence-electron chi connectivity index (χ4n) is 11.6. The van der Waals surface area contributed by atoms with Crippen molar-refractivity contribution in [2.24, 2.45) is 11.8 Å². The van der Waals surface area contributed by atoms with Gasteiger partial charge in [0, 0.05) is 66.1 Å². The molecule has 8 rings (SSSR count). The van der Waals surface area contributed by atoms with Gasteiger partial charge in [0.05, 0.1) is 12.8 Å². The second-order valence-electron chi connectivity index (χ2n) is 21.6. The van der Waals surface area contributed by atoms with E-state index >= 15 is 0 Å². The van der Waals surface area contributed by atoms with Crippen LogP contribution in [0.25, 0.3) is 48.8 Å². The lowest BCUT2D eigenvalue weighted by molar-refractivity contribution is 0.0244. The molecule has 0 radical (unpaired) electrons. The second kappa shape index (κ2) is 31.3. The van der Waals surface area contributed by atoms with Crippen LogP contribution in [0.15, 0.2) is 66.1 Å². The summed E-state index contributed by atoms with van der Waals surface area (Å²) in [5.41, 5.74) is 6.69. The molecule has 6 heterocycles. The van der Waals surface area contributed by atoms with Gasteiger partial charge in [-0.25, -0.2) is 0 Å². The highest BCUT2D eigenvalue weighted by Gasteiger charge is 2.36. The summed E-state index contributed by atoms with van der Waals surface area (Å²) in [6.07, 6.45) is 44.8. The van der Waals surface area contributed by atoms with E-state index in [1.807, 2.05) is 22.7 Å². The molecular formula is C65H91NOS6. The number of hydrogen-bond donors (Lipinski definition) is 1. The zero-order valence-corrected chi connectivity index (χ0v) is 50.5. The SMILES string of the molecule is CCCCCCCCc1c(-c2cccs2)sc(-c2ccc(-c3ccc(-c4sc(-c5ccc(CNCOC6CC7C=CC6C7)s5)c(CCCCCCCC)c4CCCCCCCC)s3)s2)c1CCCCCCCC. The summed E-state index contributed by atoms with van der Waals surface area (Å²) in [6.45, 7) is 10.8. The van der Waals surface area contributed by atoms with Gasteiger partial charge in [-0.2, -0.15) is 0 Å². The maximum atomic E-state index is 6.37. The number of rotatable bonds is 38. The number of ether oxygens (including phenoxy) is 1. The molecule has 6 aromatic rings. The van der Waals surface area contributed by atoms with Gasteiger partial charge in [0.1, 0.15) is 0 Å². The van der Waals surface area contributed by atoms with E-state index in [-0.39, 0.29) is 0 Å². The third-order valence-corrected chi connectivity index (χ3v) is 23.4. The van der Waals surface area contributed by atoms with Gasteiger partial charge in [-0.3, -0.25) is 5.32 Å². The third kappa shape index (κ3) is 16.4. The van der Waals surface area contributed by atoms with Crippen molar-refractivity contribution in [3.63, 3.8) is 0 Å². The van der Waals surface area contributed by atoms with E-state index in [4.69, 9.17) is 4.74 Å². The smallest absolute Gasteiger partial charge is 0.0972 e. The van der Waals surface area contributed by atoms with Crippen LogP contribution in [0.3, 0.4) is 0 Å². The first-order valence-corrected chi connectivity index (χ1v) is 34.7. The predicted molar refractivity (Wildman–Crippen MR) is 331 cm³/mol. The molecule has 3 atom stereocenters. The molecule has 1 saturated carbocycles. The van der Waals surface area contributed by atoms with E-state index in [0.29, 0.717) is 18.8 Å². The fraction of sp³-hybridized carbons (Fsp3) is 0.600. The van der Waals surface area contributed by atoms with Crippen LogP contribution in [0, 0.1) is 11.8 Å². The number of fused-ring (bicyclic) bond motifs is 2. The van der Waals surface area contributed by atoms with Gasteiger partial charge in [0.2, 0.25) is 0 Å². The molecule has 1 fully saturated rings. The topological polar surface area (TPSA) is 21.3 Å². The number of hydrogen-bond acceptors (Lipinski definition) is 8. The molecule has 2 aliphatic carbocycles. The average Bonchev–Trinajstić information content (AvgIpc) is 4.27. The largest absolute Gasteiger partial charge is 0.362 e. The van der Waals surface area contributed by atoms with Crippen LogP contribution in [0.2, 0.25) is 0 Å². The van der Waals surface area contributed by atoms with E-state index in [2.05, 4.69) is 144 Å². The Bertz CT molecular complexity index is 2490. The Kier molecular flexibility index (Phi) is 24.5. The summed E-state index contributed by atoms with van der Waals surface area (Å²) in [4.78, 5) is 16.4. The predicted octanol–water partition coefficient (Wildman–Crippen LogP) is 23.0. The van der Waals surface area contributed by atoms with E-state index in [1.54, 1.807) is 41.8 Å². The van der Waals surface area contributed by atoms with E-state index in [1.165, 1.54) is 227 Å². The van der Waals surface area contributed by atoms with Gasteiger partial charge < -0.3 is 4.74 Å². The lowest BCUT2D eigenvalue weighted by atomic mass is 9.95. The summed E-state index contributed by atoms with van der Waals surface area (Å²) >= 11 is 12.3. The highest BCUT2D eigenvalue weighted by molar-refractivity contribution is 7.30. The first-order valence-electron chi connectivity index (χ1n) is 29.7. The average molecular weight is 1090 g/mol. The standard InChI is InChI=1S/C65H91NOS6/c1-5-9-13-17-21-25-30-51-52(31-26-22-18-14-10-6-2)64(72-62(51)58-34-29-43-68-58)60-41-39-56(70-60)57-40-42-61(71-57)65-54(33-28-24-20-16-12-8-4)53(32-27-23-19-15-11-7-3)63(73-65)59-38-37-50(69-59)46-66-47-67-55-45-48-35-36-49(55)44-48/h29,34-43,48-49,55,66H,5-28,30-33,44-47H2,1-4H3. The quantitative estimate of drug-likeness (QED) is 0.0237. The van der Waals surface area contributed by atoms with Crippen molar-refractivity contribution in [2.45, 2.75) is 233 Å². The molecule has 0 amide bonds. The minimum absolute atomic E-state index is 0.395. The Morgan fingerprint density at radius 2 is 0.849 bits per heavy atom. The van der Waals surface area contributed by atoms with Crippen LogP contribution in [0.5, 0.6) is 0 Å². The lowest BCUT2D eigenvalue weighted by Crippen LogP contribution is -2.25. The maximum absolute atomic E-state index is 6.37. The molecule has 0 spiro atoms. The Balaban J connectivity index is 1.06. The minimum atomic E-state index is 0.395. The van der Waals surface area contributed by atoms with Gasteiger partial charge in [-0.1, -0.05) is 174 Å². The summed E-state index contributed by atoms with van der Waals surface area (Å²) in [5, 5.41) is 5.95. The number of nitrogens with one attached hydrogen (secondary N) is 1. The van der Waals surface area contributed by atoms with Crippen molar-refractivity contribution in [3.8, 4) is 48.8 Å². The molecule has 398 valence electrons. The van der Waals surface area contributed by atoms with Gasteiger partial charge in [-0.15, -0.1) is 68.0 Å². The van der Waals surface area contributed by atoms with Gasteiger partial charge in [-0.05, 0) is 140 Å². The molecule has 8 heteroatoms. The van der Waals surface area contributed by atoms with Crippen molar-refractivity contribution >= 4 is 68.0 Å². The van der Waals surface area contributed by atoms with Gasteiger partial charge in [0.25, 0.3) is 0 Å². The molecule has 2 bridgehead atoms. The lowest BCUT2D eigenvalue weighted by Gasteiger charge is -2.18. The van der Waals surface area contributed by atoms with Crippen molar-refractivity contribution in [1.29, 1.82) is 0 Å². The molecule has 1 N–H and O–H groups in total. The molecule has 0 aromatic carbocycles. The maximum Gasteiger partial charge on any atom is 0.0972 e. The summed E-state index contributed by atoms with van der Waals surface area (Å²) < 4.78 is 6.37. The monoisotopic (exact) mass is 1090 g/mol. The summed E-state index contributed by atoms with van der Waals surface area (Å²) in [6, 6.07) is 19.4. The highest BCUT2D eigenvalue weighted by Crippen LogP contribution is 2.52. The van der Waals surface area contributed by atoms with Crippen molar-refractivity contribution in [3.05, 3.63) is 93.2 Å². The van der Waals surface area contributed by atoms with E-state index in [0.717, 1.165) is 12.5 Å². The third-order valence-electron chi connectivity index (χ3n) is 15.8. The molecule has 2 nitrogen and oxygen atoms in total. The number of thiophene rings is 6. The zero-order chi connectivity index (χ0) is 50.5. The van der Waals surface area contributed by atoms with Gasteiger partial charge in [0.15, 0.2) is 0 Å². The summed E-state index contributed by atoms with van der Waals surface area (Å²) in [7, 11) is 0. The Labute approximate surface area is 467 Å². The van der Waals surface area contributed by atoms with Gasteiger partial charge >= 0.3 is 0 Å². The summed E-state index contributed by atoms with van der Waals surface area (Å²) in [5.74, 6) is 1.37. The van der Waals surface area contributed by atoms with Crippen LogP contribution >= 0.6 is 68.0 Å². The van der Waals surface area contributed by atoms with Crippen molar-refractivity contribution < 1.29 is 4.74 Å². The van der Waals surface area contributed by atoms with E-state index < -0.39 is 0 Å². The first-order chi connectivity index (χ1) is 36.1. The van der Waals surface area contributed by atoms with Crippen LogP contribution in [-0.4, -0.2) is 12.8 Å². The highest BCUT2D eigenvalue weighted by atomic mass is 32.1. The Morgan fingerprint density at radius 3 is 1.27 bits per heavy atom. The second-order valence-corrected chi connectivity index (χ2v) is 28.0. The van der Waals surface area contributed by atoms with E-state index in [9.17, 15) is 0 Å². The molecule has 0 saturated heterocycles. The molecule has 2 aliphatic rings. The fourth-order valence-corrected chi connectivity index (χ4v) is 18.8. The van der Waals surface area contributed by atoms with Crippen LogP contribution in [0.4, 0.5) is 0 Å². The zero-order valence-electron chi connectivity index (χ0n) is 45.6. The molecule has 73 heavy (non-hydrogen) atoms. The minimum Gasteiger partial charge on any atom is -0.362 e. The Morgan fingerprint density at radius 1 is 0.425 bits per heavy atom. The molecule has 0 aliphatic heterocycles. The Hall–Kier alpha value is -2.14. The van der Waals surface area contributed by atoms with Crippen molar-refractivity contribution in [2.75, 3.05) is 6.73 Å². The van der Waals surface area contributed by atoms with Crippen LogP contribution in [-0.2, 0) is 37.0 Å². The number of unbranched alkanes of at least 4 members (excludes halogenated alkanes) is 20. The van der Waals surface area contributed by atoms with Crippen LogP contribution < -0.4 is 5.32 Å². The molecule has 3 unspecified atom stereocenters. The molecular weight excluding hydrogens is 1000 g/mol. The number of allylic oxidation sites excluding steroid dienone is 1.